The van der Waals surface area contributed by atoms with E-state index in [0.29, 0.717) is 84.8 Å². The van der Waals surface area contributed by atoms with Gasteiger partial charge in [0.2, 0.25) is 5.91 Å². The molecule has 0 fully saturated rings. The Balaban J connectivity index is 0.904. The number of hydrogen-bond acceptors (Lipinski definition) is 8. The summed E-state index contributed by atoms with van der Waals surface area (Å²) in [7, 11) is 0. The number of carbonyl (C=O) groups is 2. The highest BCUT2D eigenvalue weighted by atomic mass is 16.6. The lowest BCUT2D eigenvalue weighted by Crippen LogP contribution is -2.27. The van der Waals surface area contributed by atoms with Crippen LogP contribution in [-0.4, -0.2) is 84.6 Å². The Morgan fingerprint density at radius 1 is 0.659 bits per heavy atom. The van der Waals surface area contributed by atoms with Crippen LogP contribution in [0.1, 0.15) is 30.4 Å². The molecule has 2 amide bonds. The van der Waals surface area contributed by atoms with Gasteiger partial charge in [0.05, 0.1) is 46.2 Å². The zero-order valence-electron chi connectivity index (χ0n) is 25.3. The van der Waals surface area contributed by atoms with Crippen LogP contribution in [0.2, 0.25) is 0 Å². The van der Waals surface area contributed by atoms with Crippen molar-refractivity contribution in [2.24, 2.45) is 0 Å². The number of carbonyl (C=O) groups excluding carboxylic acids is 2. The van der Waals surface area contributed by atoms with E-state index in [4.69, 9.17) is 28.4 Å². The number of alkyl carbamates (subject to hydrolysis) is 1. The summed E-state index contributed by atoms with van der Waals surface area (Å²) in [6.07, 6.45) is 0.267. The first kappa shape index (κ1) is 32.9. The number of nitrogens with one attached hydrogen (secondary N) is 2. The molecular weight excluding hydrogens is 564 g/mol. The van der Waals surface area contributed by atoms with E-state index in [1.807, 2.05) is 24.3 Å². The highest BCUT2D eigenvalue weighted by Crippen LogP contribution is 2.44. The largest absolute Gasteiger partial charge is 0.491 e. The van der Waals surface area contributed by atoms with Crippen molar-refractivity contribution in [2.75, 3.05) is 77.9 Å². The minimum atomic E-state index is -0.416. The molecule has 0 unspecified atom stereocenters. The van der Waals surface area contributed by atoms with E-state index in [9.17, 15) is 9.59 Å². The van der Waals surface area contributed by atoms with Crippen molar-refractivity contribution >= 4 is 17.7 Å². The Hall–Kier alpha value is -3.96. The molecule has 0 bridgehead atoms. The summed E-state index contributed by atoms with van der Waals surface area (Å²) in [5.74, 6) is 0.654. The molecule has 1 aliphatic carbocycles. The van der Waals surface area contributed by atoms with Crippen molar-refractivity contribution in [3.63, 3.8) is 0 Å². The Bertz CT molecular complexity index is 1250. The topological polar surface area (TPSA) is 114 Å². The average Bonchev–Trinajstić information content (AvgIpc) is 3.35. The van der Waals surface area contributed by atoms with Crippen molar-refractivity contribution in [3.8, 4) is 16.9 Å². The quantitative estimate of drug-likeness (QED) is 0.173. The maximum Gasteiger partial charge on any atom is 0.407 e. The Labute approximate surface area is 258 Å². The van der Waals surface area contributed by atoms with E-state index < -0.39 is 6.09 Å². The van der Waals surface area contributed by atoms with E-state index >= 15 is 0 Å². The number of anilines is 1. The van der Waals surface area contributed by atoms with E-state index in [2.05, 4.69) is 34.9 Å². The third kappa shape index (κ3) is 10.9. The minimum absolute atomic E-state index is 0.0509. The molecule has 0 radical (unpaired) electrons. The Morgan fingerprint density at radius 3 is 1.75 bits per heavy atom. The van der Waals surface area contributed by atoms with Crippen LogP contribution in [0, 0.1) is 0 Å². The van der Waals surface area contributed by atoms with Gasteiger partial charge >= 0.3 is 6.09 Å². The summed E-state index contributed by atoms with van der Waals surface area (Å²) in [6, 6.07) is 23.7. The van der Waals surface area contributed by atoms with Crippen LogP contribution >= 0.6 is 0 Å². The van der Waals surface area contributed by atoms with Gasteiger partial charge in [-0.25, -0.2) is 4.79 Å². The van der Waals surface area contributed by atoms with Crippen LogP contribution in [0.4, 0.5) is 10.5 Å². The van der Waals surface area contributed by atoms with Crippen molar-refractivity contribution in [1.82, 2.24) is 5.32 Å². The maximum atomic E-state index is 12.2. The zero-order valence-corrected chi connectivity index (χ0v) is 25.3. The first-order valence-electron chi connectivity index (χ1n) is 15.0. The van der Waals surface area contributed by atoms with Gasteiger partial charge in [-0.15, -0.1) is 0 Å². The van der Waals surface area contributed by atoms with Gasteiger partial charge in [-0.05, 0) is 52.9 Å². The smallest absolute Gasteiger partial charge is 0.407 e. The van der Waals surface area contributed by atoms with Crippen LogP contribution in [0.25, 0.3) is 11.1 Å². The van der Waals surface area contributed by atoms with Gasteiger partial charge < -0.3 is 39.1 Å². The van der Waals surface area contributed by atoms with Gasteiger partial charge in [-0.1, -0.05) is 48.5 Å². The van der Waals surface area contributed by atoms with Crippen LogP contribution in [0.15, 0.2) is 72.8 Å². The van der Waals surface area contributed by atoms with E-state index in [-0.39, 0.29) is 11.8 Å². The second-order valence-corrected chi connectivity index (χ2v) is 10.1. The molecule has 236 valence electrons. The van der Waals surface area contributed by atoms with E-state index in [0.717, 1.165) is 5.69 Å². The van der Waals surface area contributed by atoms with Crippen LogP contribution in [-0.2, 0) is 28.5 Å². The number of ether oxygens (including phenoxy) is 6. The fourth-order valence-corrected chi connectivity index (χ4v) is 4.83. The summed E-state index contributed by atoms with van der Waals surface area (Å²) in [5.41, 5.74) is 5.53. The van der Waals surface area contributed by atoms with Gasteiger partial charge in [-0.2, -0.15) is 0 Å². The molecule has 2 N–H and O–H groups in total. The normalized spacial score (nSPS) is 11.9. The maximum absolute atomic E-state index is 12.2. The van der Waals surface area contributed by atoms with Crippen molar-refractivity contribution < 1.29 is 38.0 Å². The number of fused-ring (bicyclic) bond motifs is 3. The van der Waals surface area contributed by atoms with Crippen molar-refractivity contribution in [2.45, 2.75) is 19.3 Å². The molecular formula is C34H42N2O8. The van der Waals surface area contributed by atoms with Crippen molar-refractivity contribution in [3.05, 3.63) is 83.9 Å². The third-order valence-corrected chi connectivity index (χ3v) is 6.87. The lowest BCUT2D eigenvalue weighted by Gasteiger charge is -2.14. The molecule has 3 aromatic rings. The molecule has 44 heavy (non-hydrogen) atoms. The molecule has 0 aromatic heterocycles. The lowest BCUT2D eigenvalue weighted by atomic mass is 9.98. The lowest BCUT2D eigenvalue weighted by molar-refractivity contribution is -0.114. The summed E-state index contributed by atoms with van der Waals surface area (Å²) in [5, 5.41) is 5.51. The molecule has 0 spiro atoms. The van der Waals surface area contributed by atoms with Crippen molar-refractivity contribution in [1.29, 1.82) is 0 Å². The zero-order chi connectivity index (χ0) is 30.8. The Kier molecular flexibility index (Phi) is 14.0. The highest BCUT2D eigenvalue weighted by Gasteiger charge is 2.28. The summed E-state index contributed by atoms with van der Waals surface area (Å²) >= 11 is 0. The second kappa shape index (κ2) is 18.6. The number of rotatable bonds is 20. The molecule has 0 saturated carbocycles. The monoisotopic (exact) mass is 606 g/mol. The standard InChI is InChI=1S/C34H42N2O8/c1-26(37)36-27-11-13-28(14-12-27)43-24-23-42-22-21-41-20-19-40-18-17-39-16-6-15-35-34(38)44-25-33-31-9-4-2-7-29(31)30-8-3-5-10-32(30)33/h2-5,7-14,33H,6,15-25H2,1H3,(H,35,38)(H,36,37). The molecule has 10 heteroatoms. The minimum Gasteiger partial charge on any atom is -0.491 e. The first-order chi connectivity index (χ1) is 21.6. The van der Waals surface area contributed by atoms with Crippen LogP contribution in [0.3, 0.4) is 0 Å². The average molecular weight is 607 g/mol. The van der Waals surface area contributed by atoms with Gasteiger partial charge in [-0.3, -0.25) is 4.79 Å². The molecule has 0 saturated heterocycles. The van der Waals surface area contributed by atoms with Gasteiger partial charge in [0, 0.05) is 31.7 Å². The molecule has 3 aromatic carbocycles. The fraction of sp³-hybridized carbons (Fsp3) is 0.412. The molecule has 1 aliphatic rings. The summed E-state index contributed by atoms with van der Waals surface area (Å²) in [6.45, 7) is 6.50. The van der Waals surface area contributed by atoms with Gasteiger partial charge in [0.15, 0.2) is 0 Å². The first-order valence-corrected chi connectivity index (χ1v) is 15.0. The number of benzene rings is 3. The highest BCUT2D eigenvalue weighted by molar-refractivity contribution is 5.88. The molecule has 0 aliphatic heterocycles. The fourth-order valence-electron chi connectivity index (χ4n) is 4.83. The predicted octanol–water partition coefficient (Wildman–Crippen LogP) is 5.02. The third-order valence-electron chi connectivity index (χ3n) is 6.87. The summed E-state index contributed by atoms with van der Waals surface area (Å²) < 4.78 is 33.2. The van der Waals surface area contributed by atoms with Gasteiger partial charge in [0.1, 0.15) is 19.0 Å². The molecule has 10 nitrogen and oxygen atoms in total. The van der Waals surface area contributed by atoms with Gasteiger partial charge in [0.25, 0.3) is 0 Å². The Morgan fingerprint density at radius 2 is 1.18 bits per heavy atom. The van der Waals surface area contributed by atoms with Crippen LogP contribution < -0.4 is 15.4 Å². The van der Waals surface area contributed by atoms with E-state index in [1.54, 1.807) is 24.3 Å². The number of amides is 2. The second-order valence-electron chi connectivity index (χ2n) is 10.1. The van der Waals surface area contributed by atoms with E-state index in [1.165, 1.54) is 29.2 Å². The molecule has 0 atom stereocenters. The summed E-state index contributed by atoms with van der Waals surface area (Å²) in [4.78, 5) is 23.3. The molecule has 4 rings (SSSR count). The predicted molar refractivity (Wildman–Crippen MR) is 167 cm³/mol. The molecule has 0 heterocycles. The van der Waals surface area contributed by atoms with Crippen LogP contribution in [0.5, 0.6) is 5.75 Å². The SMILES string of the molecule is CC(=O)Nc1ccc(OCCOCCOCCOCCOCCCNC(=O)OCC2c3ccccc3-c3ccccc32)cc1. The number of hydrogen-bond donors (Lipinski definition) is 2.